The average molecular weight is 382 g/mol. The van der Waals surface area contributed by atoms with Crippen molar-refractivity contribution in [1.29, 1.82) is 0 Å². The summed E-state index contributed by atoms with van der Waals surface area (Å²) in [6.07, 6.45) is 3.46. The second-order valence-corrected chi connectivity index (χ2v) is 13.4. The largest absolute Gasteiger partial charge is 0.359 e. The van der Waals surface area contributed by atoms with Crippen LogP contribution in [0, 0.1) is 6.92 Å². The number of benzene rings is 1. The molecular formula is C20H27N5OSi. The van der Waals surface area contributed by atoms with Crippen LogP contribution in [-0.4, -0.2) is 34.4 Å². The molecule has 0 bridgehead atoms. The van der Waals surface area contributed by atoms with Crippen molar-refractivity contribution in [3.8, 4) is 11.3 Å². The predicted octanol–water partition coefficient (Wildman–Crippen LogP) is 4.70. The molecule has 7 heteroatoms. The maximum atomic E-state index is 5.90. The molecular weight excluding hydrogens is 354 g/mol. The molecule has 2 heterocycles. The topological polar surface area (TPSA) is 64.9 Å². The molecule has 0 saturated carbocycles. The molecule has 2 aromatic heterocycles. The van der Waals surface area contributed by atoms with Gasteiger partial charge in [0.05, 0.1) is 23.8 Å². The number of hydrogen-bond acceptors (Lipinski definition) is 5. The summed E-state index contributed by atoms with van der Waals surface area (Å²) in [6.45, 7) is 10.1. The Balaban J connectivity index is 1.78. The van der Waals surface area contributed by atoms with E-state index in [1.165, 1.54) is 0 Å². The van der Waals surface area contributed by atoms with E-state index < -0.39 is 8.07 Å². The van der Waals surface area contributed by atoms with Crippen LogP contribution >= 0.6 is 0 Å². The molecule has 0 atom stereocenters. The molecule has 142 valence electrons. The number of hydrogen-bond donors (Lipinski definition) is 1. The van der Waals surface area contributed by atoms with Crippen molar-refractivity contribution in [2.24, 2.45) is 0 Å². The molecule has 0 saturated heterocycles. The van der Waals surface area contributed by atoms with Crippen molar-refractivity contribution in [3.63, 3.8) is 0 Å². The van der Waals surface area contributed by atoms with Gasteiger partial charge in [-0.2, -0.15) is 5.10 Å². The average Bonchev–Trinajstić information content (AvgIpc) is 3.03. The lowest BCUT2D eigenvalue weighted by Gasteiger charge is -2.16. The molecule has 0 spiro atoms. The van der Waals surface area contributed by atoms with Crippen LogP contribution in [0.5, 0.6) is 0 Å². The SMILES string of the molecule is Cc1cnc(Nc2cc(-c3ccccc3)nn2COCC[Si](C)(C)C)cn1. The van der Waals surface area contributed by atoms with Crippen molar-refractivity contribution in [1.82, 2.24) is 19.7 Å². The summed E-state index contributed by atoms with van der Waals surface area (Å²) in [7, 11) is -1.11. The van der Waals surface area contributed by atoms with Crippen LogP contribution in [0.25, 0.3) is 11.3 Å². The Morgan fingerprint density at radius 2 is 1.85 bits per heavy atom. The zero-order chi connectivity index (χ0) is 19.3. The van der Waals surface area contributed by atoms with Crippen LogP contribution in [-0.2, 0) is 11.5 Å². The first kappa shape index (κ1) is 19.3. The van der Waals surface area contributed by atoms with E-state index in [2.05, 4.69) is 34.9 Å². The van der Waals surface area contributed by atoms with E-state index in [4.69, 9.17) is 9.84 Å². The van der Waals surface area contributed by atoms with Gasteiger partial charge in [-0.3, -0.25) is 4.98 Å². The molecule has 0 aliphatic heterocycles. The zero-order valence-electron chi connectivity index (χ0n) is 16.4. The summed E-state index contributed by atoms with van der Waals surface area (Å²) in [5.74, 6) is 1.52. The number of anilines is 2. The van der Waals surface area contributed by atoms with Crippen molar-refractivity contribution < 1.29 is 4.74 Å². The lowest BCUT2D eigenvalue weighted by atomic mass is 10.2. The first-order valence-electron chi connectivity index (χ1n) is 9.17. The quantitative estimate of drug-likeness (QED) is 0.452. The van der Waals surface area contributed by atoms with Gasteiger partial charge < -0.3 is 10.1 Å². The Kier molecular flexibility index (Phi) is 6.03. The van der Waals surface area contributed by atoms with Crippen LogP contribution in [0.4, 0.5) is 11.6 Å². The highest BCUT2D eigenvalue weighted by molar-refractivity contribution is 6.76. The molecule has 0 unspecified atom stereocenters. The van der Waals surface area contributed by atoms with E-state index in [0.29, 0.717) is 12.5 Å². The molecule has 6 nitrogen and oxygen atoms in total. The highest BCUT2D eigenvalue weighted by atomic mass is 28.3. The summed E-state index contributed by atoms with van der Waals surface area (Å²) < 4.78 is 7.74. The fourth-order valence-corrected chi connectivity index (χ4v) is 3.24. The van der Waals surface area contributed by atoms with Gasteiger partial charge in [-0.05, 0) is 13.0 Å². The van der Waals surface area contributed by atoms with Crippen LogP contribution in [0.15, 0.2) is 48.8 Å². The zero-order valence-corrected chi connectivity index (χ0v) is 17.4. The van der Waals surface area contributed by atoms with Gasteiger partial charge in [0.2, 0.25) is 0 Å². The van der Waals surface area contributed by atoms with Crippen molar-refractivity contribution in [2.45, 2.75) is 39.3 Å². The monoisotopic (exact) mass is 381 g/mol. The number of aryl methyl sites for hydroxylation is 1. The van der Waals surface area contributed by atoms with E-state index in [1.54, 1.807) is 12.4 Å². The molecule has 27 heavy (non-hydrogen) atoms. The van der Waals surface area contributed by atoms with Gasteiger partial charge in [0.25, 0.3) is 0 Å². The van der Waals surface area contributed by atoms with Gasteiger partial charge in [-0.25, -0.2) is 9.67 Å². The molecule has 0 radical (unpaired) electrons. The Bertz CT molecular complexity index is 856. The lowest BCUT2D eigenvalue weighted by Crippen LogP contribution is -2.22. The summed E-state index contributed by atoms with van der Waals surface area (Å²) >= 11 is 0. The van der Waals surface area contributed by atoms with Gasteiger partial charge in [0.15, 0.2) is 0 Å². The third-order valence-electron chi connectivity index (χ3n) is 4.10. The van der Waals surface area contributed by atoms with Crippen molar-refractivity contribution in [3.05, 3.63) is 54.5 Å². The van der Waals surface area contributed by atoms with Crippen LogP contribution in [0.2, 0.25) is 25.7 Å². The molecule has 0 aliphatic rings. The summed E-state index contributed by atoms with van der Waals surface area (Å²) in [4.78, 5) is 8.67. The van der Waals surface area contributed by atoms with Gasteiger partial charge in [-0.1, -0.05) is 50.0 Å². The summed E-state index contributed by atoms with van der Waals surface area (Å²) in [6, 6.07) is 13.3. The van der Waals surface area contributed by atoms with Crippen molar-refractivity contribution >= 4 is 19.7 Å². The van der Waals surface area contributed by atoms with Gasteiger partial charge in [-0.15, -0.1) is 0 Å². The van der Waals surface area contributed by atoms with E-state index >= 15 is 0 Å². The number of nitrogens with one attached hydrogen (secondary N) is 1. The van der Waals surface area contributed by atoms with Gasteiger partial charge in [0, 0.05) is 26.3 Å². The summed E-state index contributed by atoms with van der Waals surface area (Å²) in [5, 5.41) is 8.02. The molecule has 0 amide bonds. The second kappa shape index (κ2) is 8.45. The molecule has 0 fully saturated rings. The van der Waals surface area contributed by atoms with Crippen LogP contribution in [0.1, 0.15) is 5.69 Å². The Morgan fingerprint density at radius 1 is 1.07 bits per heavy atom. The van der Waals surface area contributed by atoms with Crippen molar-refractivity contribution in [2.75, 3.05) is 11.9 Å². The number of ether oxygens (including phenoxy) is 1. The fourth-order valence-electron chi connectivity index (χ4n) is 2.48. The maximum Gasteiger partial charge on any atom is 0.150 e. The van der Waals surface area contributed by atoms with E-state index in [0.717, 1.165) is 35.4 Å². The predicted molar refractivity (Wildman–Crippen MR) is 112 cm³/mol. The third-order valence-corrected chi connectivity index (χ3v) is 5.80. The molecule has 3 aromatic rings. The van der Waals surface area contributed by atoms with Crippen LogP contribution < -0.4 is 5.32 Å². The van der Waals surface area contributed by atoms with Gasteiger partial charge in [0.1, 0.15) is 18.4 Å². The first-order valence-corrected chi connectivity index (χ1v) is 12.9. The summed E-state index contributed by atoms with van der Waals surface area (Å²) in [5.41, 5.74) is 2.84. The molecule has 1 aromatic carbocycles. The maximum absolute atomic E-state index is 5.90. The Morgan fingerprint density at radius 3 is 2.52 bits per heavy atom. The van der Waals surface area contributed by atoms with Gasteiger partial charge >= 0.3 is 0 Å². The minimum Gasteiger partial charge on any atom is -0.359 e. The molecule has 3 rings (SSSR count). The normalized spacial score (nSPS) is 11.6. The molecule has 1 N–H and O–H groups in total. The smallest absolute Gasteiger partial charge is 0.150 e. The minimum absolute atomic E-state index is 0.402. The number of nitrogens with zero attached hydrogens (tertiary/aromatic N) is 4. The Labute approximate surface area is 161 Å². The standard InChI is InChI=1S/C20H27N5OSi/c1-16-13-22-19(14-21-16)23-20-12-18(17-8-6-5-7-9-17)24-25(20)15-26-10-11-27(2,3)4/h5-9,12-14H,10-11,15H2,1-4H3,(H,22,23). The number of rotatable bonds is 8. The van der Waals surface area contributed by atoms with E-state index in [1.807, 2.05) is 48.0 Å². The first-order chi connectivity index (χ1) is 12.9. The minimum atomic E-state index is -1.11. The highest BCUT2D eigenvalue weighted by Crippen LogP contribution is 2.24. The van der Waals surface area contributed by atoms with Crippen LogP contribution in [0.3, 0.4) is 0 Å². The van der Waals surface area contributed by atoms with E-state index in [9.17, 15) is 0 Å². The second-order valence-electron chi connectivity index (χ2n) is 7.80. The van der Waals surface area contributed by atoms with E-state index in [-0.39, 0.29) is 0 Å². The fraction of sp³-hybridized carbons (Fsp3) is 0.350. The number of aromatic nitrogens is 4. The highest BCUT2D eigenvalue weighted by Gasteiger charge is 2.14. The third kappa shape index (κ3) is 5.73. The Hall–Kier alpha value is -2.51. The lowest BCUT2D eigenvalue weighted by molar-refractivity contribution is 0.0803. The molecule has 0 aliphatic carbocycles.